The van der Waals surface area contributed by atoms with Crippen LogP contribution in [0.1, 0.15) is 88.4 Å². The summed E-state index contributed by atoms with van der Waals surface area (Å²) < 4.78 is 0. The summed E-state index contributed by atoms with van der Waals surface area (Å²) in [5.74, 6) is 3.55. The quantitative estimate of drug-likeness (QED) is 0.527. The van der Waals surface area contributed by atoms with Crippen LogP contribution in [0.15, 0.2) is 0 Å². The van der Waals surface area contributed by atoms with Crippen LogP contribution in [-0.4, -0.2) is 47.0 Å². The Labute approximate surface area is 191 Å². The number of carbonyl (C=O) groups excluding carboxylic acids is 1. The van der Waals surface area contributed by atoms with Crippen LogP contribution in [0.5, 0.6) is 0 Å². The summed E-state index contributed by atoms with van der Waals surface area (Å²) >= 11 is 1.90. The van der Waals surface area contributed by atoms with Crippen LogP contribution < -0.4 is 4.90 Å². The van der Waals surface area contributed by atoms with Gasteiger partial charge in [0.05, 0.1) is 5.39 Å². The summed E-state index contributed by atoms with van der Waals surface area (Å²) in [5.41, 5.74) is 1.50. The second kappa shape index (κ2) is 9.85. The Hall–Kier alpha value is -1.69. The summed E-state index contributed by atoms with van der Waals surface area (Å²) in [6.45, 7) is 12.3. The molecule has 0 bridgehead atoms. The van der Waals surface area contributed by atoms with Crippen molar-refractivity contribution in [3.05, 3.63) is 16.3 Å². The third-order valence-corrected chi connectivity index (χ3v) is 8.28. The SMILES string of the molecule is CCCCCC(=O)N1CCN(c2nc([C@H](C)CC)nc3sc4c(c23)CC[C@H](C)C4)CC1. The van der Waals surface area contributed by atoms with Crippen LogP contribution in [0, 0.1) is 5.92 Å². The molecular weight excluding hydrogens is 404 g/mol. The molecule has 6 heteroatoms. The number of unbranched alkanes of at least 4 members (excludes halogenated alkanes) is 2. The molecule has 3 heterocycles. The van der Waals surface area contributed by atoms with E-state index in [0.717, 1.165) is 75.8 Å². The van der Waals surface area contributed by atoms with Gasteiger partial charge in [0.25, 0.3) is 0 Å². The van der Waals surface area contributed by atoms with Crippen LogP contribution >= 0.6 is 11.3 Å². The first-order valence-corrected chi connectivity index (χ1v) is 13.2. The molecule has 0 spiro atoms. The average molecular weight is 443 g/mol. The van der Waals surface area contributed by atoms with E-state index in [9.17, 15) is 4.79 Å². The summed E-state index contributed by atoms with van der Waals surface area (Å²) in [6, 6.07) is 0. The number of thiophene rings is 1. The fraction of sp³-hybridized carbons (Fsp3) is 0.720. The molecule has 2 aliphatic rings. The predicted octanol–water partition coefficient (Wildman–Crippen LogP) is 5.56. The number of piperazine rings is 1. The topological polar surface area (TPSA) is 49.3 Å². The van der Waals surface area contributed by atoms with Crippen molar-refractivity contribution in [1.82, 2.24) is 14.9 Å². The predicted molar refractivity (Wildman–Crippen MR) is 130 cm³/mol. The molecule has 0 radical (unpaired) electrons. The van der Waals surface area contributed by atoms with Gasteiger partial charge in [0.15, 0.2) is 0 Å². The Morgan fingerprint density at radius 3 is 2.65 bits per heavy atom. The molecule has 4 rings (SSSR count). The minimum atomic E-state index is 0.322. The molecule has 0 N–H and O–H groups in total. The zero-order chi connectivity index (χ0) is 22.0. The molecular formula is C25H38N4OS. The van der Waals surface area contributed by atoms with E-state index in [2.05, 4.69) is 37.5 Å². The van der Waals surface area contributed by atoms with E-state index >= 15 is 0 Å². The van der Waals surface area contributed by atoms with Crippen molar-refractivity contribution >= 4 is 33.3 Å². The number of hydrogen-bond acceptors (Lipinski definition) is 5. The molecule has 1 saturated heterocycles. The second-order valence-electron chi connectivity index (χ2n) is 9.57. The number of aromatic nitrogens is 2. The van der Waals surface area contributed by atoms with Crippen LogP contribution in [0.4, 0.5) is 5.82 Å². The van der Waals surface area contributed by atoms with Gasteiger partial charge >= 0.3 is 0 Å². The van der Waals surface area contributed by atoms with Gasteiger partial charge in [0, 0.05) is 43.4 Å². The number of anilines is 1. The van der Waals surface area contributed by atoms with Crippen molar-refractivity contribution in [1.29, 1.82) is 0 Å². The highest BCUT2D eigenvalue weighted by Crippen LogP contribution is 2.41. The second-order valence-corrected chi connectivity index (χ2v) is 10.7. The largest absolute Gasteiger partial charge is 0.352 e. The van der Waals surface area contributed by atoms with Crippen LogP contribution in [0.2, 0.25) is 0 Å². The van der Waals surface area contributed by atoms with E-state index in [-0.39, 0.29) is 0 Å². The Morgan fingerprint density at radius 2 is 1.94 bits per heavy atom. The maximum Gasteiger partial charge on any atom is 0.222 e. The number of aryl methyl sites for hydroxylation is 1. The molecule has 2 aromatic heterocycles. The van der Waals surface area contributed by atoms with Gasteiger partial charge in [-0.25, -0.2) is 9.97 Å². The zero-order valence-corrected chi connectivity index (χ0v) is 20.6. The van der Waals surface area contributed by atoms with E-state index in [1.807, 2.05) is 11.3 Å². The van der Waals surface area contributed by atoms with Crippen molar-refractivity contribution in [2.24, 2.45) is 5.92 Å². The van der Waals surface area contributed by atoms with Gasteiger partial charge in [-0.3, -0.25) is 4.79 Å². The minimum Gasteiger partial charge on any atom is -0.352 e. The number of carbonyl (C=O) groups is 1. The van der Waals surface area contributed by atoms with Gasteiger partial charge in [-0.1, -0.05) is 40.5 Å². The number of fused-ring (bicyclic) bond motifs is 3. The lowest BCUT2D eigenvalue weighted by molar-refractivity contribution is -0.131. The third kappa shape index (κ3) is 4.74. The fourth-order valence-electron chi connectivity index (χ4n) is 4.82. The van der Waals surface area contributed by atoms with Gasteiger partial charge in [0.2, 0.25) is 5.91 Å². The number of hydrogen-bond donors (Lipinski definition) is 0. The summed E-state index contributed by atoms with van der Waals surface area (Å²) in [6.07, 6.45) is 8.64. The zero-order valence-electron chi connectivity index (χ0n) is 19.7. The Morgan fingerprint density at radius 1 is 1.16 bits per heavy atom. The van der Waals surface area contributed by atoms with Gasteiger partial charge in [-0.15, -0.1) is 11.3 Å². The van der Waals surface area contributed by atoms with Gasteiger partial charge in [-0.05, 0) is 43.6 Å². The summed E-state index contributed by atoms with van der Waals surface area (Å²) in [7, 11) is 0. The third-order valence-electron chi connectivity index (χ3n) is 7.13. The van der Waals surface area contributed by atoms with E-state index in [0.29, 0.717) is 18.2 Å². The van der Waals surface area contributed by atoms with E-state index in [1.54, 1.807) is 0 Å². The molecule has 2 atom stereocenters. The highest BCUT2D eigenvalue weighted by Gasteiger charge is 2.29. The van der Waals surface area contributed by atoms with Crippen LogP contribution in [0.25, 0.3) is 10.2 Å². The summed E-state index contributed by atoms with van der Waals surface area (Å²) in [4.78, 5) is 29.9. The maximum absolute atomic E-state index is 12.6. The lowest BCUT2D eigenvalue weighted by atomic mass is 9.89. The molecule has 31 heavy (non-hydrogen) atoms. The Kier molecular flexibility index (Phi) is 7.15. The first-order chi connectivity index (χ1) is 15.0. The number of rotatable bonds is 7. The van der Waals surface area contributed by atoms with Gasteiger partial charge < -0.3 is 9.80 Å². The van der Waals surface area contributed by atoms with E-state index in [1.165, 1.54) is 33.5 Å². The molecule has 0 saturated carbocycles. The van der Waals surface area contributed by atoms with E-state index in [4.69, 9.17) is 9.97 Å². The highest BCUT2D eigenvalue weighted by atomic mass is 32.1. The molecule has 1 fully saturated rings. The lowest BCUT2D eigenvalue weighted by Crippen LogP contribution is -2.49. The Bertz CT molecular complexity index is 916. The van der Waals surface area contributed by atoms with Crippen molar-refractivity contribution in [2.75, 3.05) is 31.1 Å². The van der Waals surface area contributed by atoms with E-state index < -0.39 is 0 Å². The summed E-state index contributed by atoms with van der Waals surface area (Å²) in [5, 5.41) is 1.31. The molecule has 1 amide bonds. The molecule has 0 unspecified atom stereocenters. The Balaban J connectivity index is 1.60. The molecule has 0 aromatic carbocycles. The fourth-order valence-corrected chi connectivity index (χ4v) is 6.21. The van der Waals surface area contributed by atoms with Crippen molar-refractivity contribution < 1.29 is 4.79 Å². The highest BCUT2D eigenvalue weighted by molar-refractivity contribution is 7.19. The monoisotopic (exact) mass is 442 g/mol. The lowest BCUT2D eigenvalue weighted by Gasteiger charge is -2.36. The van der Waals surface area contributed by atoms with Crippen molar-refractivity contribution in [3.63, 3.8) is 0 Å². The molecule has 170 valence electrons. The number of amides is 1. The smallest absolute Gasteiger partial charge is 0.222 e. The first-order valence-electron chi connectivity index (χ1n) is 12.4. The van der Waals surface area contributed by atoms with Crippen molar-refractivity contribution in [3.8, 4) is 0 Å². The molecule has 5 nitrogen and oxygen atoms in total. The first kappa shape index (κ1) is 22.5. The van der Waals surface area contributed by atoms with Crippen LogP contribution in [-0.2, 0) is 17.6 Å². The van der Waals surface area contributed by atoms with Crippen LogP contribution in [0.3, 0.4) is 0 Å². The minimum absolute atomic E-state index is 0.322. The normalized spacial score (nSPS) is 20.2. The van der Waals surface area contributed by atoms with Gasteiger partial charge in [-0.2, -0.15) is 0 Å². The maximum atomic E-state index is 12.6. The average Bonchev–Trinajstić information content (AvgIpc) is 3.15. The molecule has 1 aliphatic heterocycles. The van der Waals surface area contributed by atoms with Gasteiger partial charge in [0.1, 0.15) is 16.5 Å². The standard InChI is InChI=1S/C25H38N4OS/c1-5-7-8-9-21(30)28-12-14-29(15-13-28)24-22-19-11-10-17(3)16-20(19)31-25(22)27-23(26-24)18(4)6-2/h17-18H,5-16H2,1-4H3/t17-,18+/m0/s1. The molecule has 2 aromatic rings. The number of nitrogens with zero attached hydrogens (tertiary/aromatic N) is 4. The molecule has 1 aliphatic carbocycles. The van der Waals surface area contributed by atoms with Crippen molar-refractivity contribution in [2.45, 2.75) is 85.0 Å².